The Morgan fingerprint density at radius 3 is 1.63 bits per heavy atom. The van der Waals surface area contributed by atoms with Gasteiger partial charge >= 0.3 is 11.9 Å². The summed E-state index contributed by atoms with van der Waals surface area (Å²) >= 11 is 0. The van der Waals surface area contributed by atoms with Crippen molar-refractivity contribution in [1.82, 2.24) is 9.58 Å². The Bertz CT molecular complexity index is 1890. The zero-order valence-corrected chi connectivity index (χ0v) is 24.2. The number of benzene rings is 5. The fourth-order valence-electron chi connectivity index (χ4n) is 7.15. The van der Waals surface area contributed by atoms with Gasteiger partial charge in [0.25, 0.3) is 0 Å². The molecule has 1 saturated heterocycles. The zero-order valence-electron chi connectivity index (χ0n) is 24.2. The molecule has 2 aliphatic rings. The van der Waals surface area contributed by atoms with Crippen LogP contribution in [0.4, 0.5) is 5.69 Å². The molecule has 0 saturated carbocycles. The molecular weight excluding hydrogens is 522 g/mol. The second-order valence-electron chi connectivity index (χ2n) is 11.5. The lowest BCUT2D eigenvalue weighted by Crippen LogP contribution is -2.56. The van der Waals surface area contributed by atoms with Crippen molar-refractivity contribution < 1.29 is 4.68 Å². The van der Waals surface area contributed by atoms with Crippen LogP contribution in [-0.2, 0) is 0 Å². The number of pyridine rings is 1. The van der Waals surface area contributed by atoms with Crippen molar-refractivity contribution in [2.45, 2.75) is 25.6 Å². The first-order valence-electron chi connectivity index (χ1n) is 15.2. The van der Waals surface area contributed by atoms with Crippen LogP contribution in [0.15, 0.2) is 158 Å². The summed E-state index contributed by atoms with van der Waals surface area (Å²) < 4.78 is 3.50. The molecular formula is C40H33N3+2. The highest BCUT2D eigenvalue weighted by molar-refractivity contribution is 6.06. The van der Waals surface area contributed by atoms with Crippen molar-refractivity contribution in [3.05, 3.63) is 169 Å². The van der Waals surface area contributed by atoms with Crippen LogP contribution < -0.4 is 4.59 Å². The molecule has 43 heavy (non-hydrogen) atoms. The van der Waals surface area contributed by atoms with Gasteiger partial charge in [-0.1, -0.05) is 116 Å². The Morgan fingerprint density at radius 2 is 1.05 bits per heavy atom. The standard InChI is InChI=1S/C40H33N3/c1-2-38-39(42-40(31-20-11-5-12-21-31)43(38,42)35-24-13-6-14-25-35)33-23-15-22-32(26-33)34-27-36(29-16-7-3-8-17-29)41-37(28-34)30-18-9-4-10-19-30/h3-28,38,40H,2H2,1H3/q+2. The highest BCUT2D eigenvalue weighted by Gasteiger charge is 2.89. The first-order valence-corrected chi connectivity index (χ1v) is 15.2. The van der Waals surface area contributed by atoms with Crippen LogP contribution in [0, 0.1) is 0 Å². The molecule has 2 aliphatic heterocycles. The van der Waals surface area contributed by atoms with Crippen LogP contribution in [-0.4, -0.2) is 21.4 Å². The number of hydrogen-bond donors (Lipinski definition) is 0. The summed E-state index contributed by atoms with van der Waals surface area (Å²) in [6.07, 6.45) is 1.36. The van der Waals surface area contributed by atoms with Gasteiger partial charge in [-0.15, -0.1) is 0 Å². The molecule has 6 aromatic rings. The van der Waals surface area contributed by atoms with Gasteiger partial charge in [-0.25, -0.2) is 4.98 Å². The van der Waals surface area contributed by atoms with Crippen LogP contribution in [0.2, 0.25) is 0 Å². The third-order valence-electron chi connectivity index (χ3n) is 9.05. The van der Waals surface area contributed by atoms with Gasteiger partial charge in [0, 0.05) is 39.0 Å². The maximum atomic E-state index is 5.10. The van der Waals surface area contributed by atoms with E-state index < -0.39 is 0 Å². The number of nitrogens with zero attached hydrogens (tertiary/aromatic N) is 3. The lowest BCUT2D eigenvalue weighted by molar-refractivity contribution is -0.490. The number of quaternary nitrogens is 1. The fraction of sp³-hybridized carbons (Fsp3) is 0.100. The van der Waals surface area contributed by atoms with Crippen molar-refractivity contribution in [1.29, 1.82) is 0 Å². The van der Waals surface area contributed by atoms with Gasteiger partial charge in [0.1, 0.15) is 0 Å². The molecule has 3 unspecified atom stereocenters. The molecule has 5 aromatic carbocycles. The van der Waals surface area contributed by atoms with E-state index in [1.165, 1.54) is 33.7 Å². The van der Waals surface area contributed by atoms with Crippen molar-refractivity contribution in [3.8, 4) is 33.6 Å². The minimum Gasteiger partial charge on any atom is -0.248 e. The van der Waals surface area contributed by atoms with E-state index in [-0.39, 0.29) is 0 Å². The number of aromatic nitrogens is 1. The number of hydrogen-bond acceptors (Lipinski definition) is 1. The molecule has 1 aromatic heterocycles. The van der Waals surface area contributed by atoms with Gasteiger partial charge in [-0.05, 0) is 47.5 Å². The van der Waals surface area contributed by atoms with Crippen LogP contribution in [0.25, 0.3) is 33.6 Å². The summed E-state index contributed by atoms with van der Waals surface area (Å²) in [5.41, 5.74) is 12.1. The zero-order chi connectivity index (χ0) is 28.8. The summed E-state index contributed by atoms with van der Waals surface area (Å²) in [6, 6.07) is 57.0. The lowest BCUT2D eigenvalue weighted by atomic mass is 9.93. The molecule has 0 spiro atoms. The van der Waals surface area contributed by atoms with Crippen molar-refractivity contribution in [3.63, 3.8) is 0 Å². The number of rotatable bonds is 7. The molecule has 3 heterocycles. The minimum absolute atomic E-state index is 0.294. The lowest BCUT2D eigenvalue weighted by Gasteiger charge is -2.23. The van der Waals surface area contributed by atoms with E-state index in [4.69, 9.17) is 4.98 Å². The molecule has 1 fully saturated rings. The van der Waals surface area contributed by atoms with E-state index in [9.17, 15) is 0 Å². The van der Waals surface area contributed by atoms with E-state index in [1.54, 1.807) is 0 Å². The Morgan fingerprint density at radius 1 is 0.535 bits per heavy atom. The van der Waals surface area contributed by atoms with E-state index in [0.29, 0.717) is 12.2 Å². The number of para-hydroxylation sites is 1. The van der Waals surface area contributed by atoms with Gasteiger partial charge in [0.2, 0.25) is 6.04 Å². The molecule has 0 radical (unpaired) electrons. The Hall–Kier alpha value is -5.12. The second kappa shape index (κ2) is 10.3. The van der Waals surface area contributed by atoms with Gasteiger partial charge in [-0.2, -0.15) is 0 Å². The van der Waals surface area contributed by atoms with E-state index in [0.717, 1.165) is 33.5 Å². The summed E-state index contributed by atoms with van der Waals surface area (Å²) in [5.74, 6) is 0. The van der Waals surface area contributed by atoms with Gasteiger partial charge < -0.3 is 0 Å². The smallest absolute Gasteiger partial charge is 0.248 e. The van der Waals surface area contributed by atoms with Crippen molar-refractivity contribution >= 4 is 11.4 Å². The monoisotopic (exact) mass is 555 g/mol. The van der Waals surface area contributed by atoms with Crippen LogP contribution in [0.1, 0.15) is 30.6 Å². The largest absolute Gasteiger partial charge is 0.414 e. The Kier molecular flexibility index (Phi) is 6.13. The van der Waals surface area contributed by atoms with Crippen molar-refractivity contribution in [2.75, 3.05) is 0 Å². The van der Waals surface area contributed by atoms with Gasteiger partial charge in [0.15, 0.2) is 5.69 Å². The molecule has 206 valence electrons. The van der Waals surface area contributed by atoms with E-state index in [1.807, 2.05) is 0 Å². The Labute approximate surface area is 253 Å². The van der Waals surface area contributed by atoms with E-state index in [2.05, 4.69) is 169 Å². The van der Waals surface area contributed by atoms with Gasteiger partial charge in [-0.3, -0.25) is 0 Å². The SMILES string of the molecule is CCC1C(c2cccc(-c3cc(-c4ccccc4)nc(-c4ccccc4)c3)c2)=[N+]2C(c3ccccc3)[N+]12c1ccccc1. The summed E-state index contributed by atoms with van der Waals surface area (Å²) in [6.45, 7) is 2.33. The summed E-state index contributed by atoms with van der Waals surface area (Å²) in [5, 5.41) is 0. The maximum Gasteiger partial charge on any atom is 0.414 e. The topological polar surface area (TPSA) is 15.9 Å². The summed E-state index contributed by atoms with van der Waals surface area (Å²) in [4.78, 5) is 5.10. The van der Waals surface area contributed by atoms with Crippen LogP contribution in [0.5, 0.6) is 0 Å². The average molecular weight is 556 g/mol. The number of fused-ring (bicyclic) bond motifs is 1. The molecule has 3 nitrogen and oxygen atoms in total. The molecule has 0 N–H and O–H groups in total. The normalized spacial score (nSPS) is 20.3. The average Bonchev–Trinajstić information content (AvgIpc) is 3.68. The molecule has 3 heteroatoms. The predicted molar refractivity (Wildman–Crippen MR) is 176 cm³/mol. The molecule has 8 rings (SSSR count). The summed E-state index contributed by atoms with van der Waals surface area (Å²) in [7, 11) is 0. The minimum atomic E-state index is 0.294. The quantitative estimate of drug-likeness (QED) is 0.109. The third-order valence-corrected chi connectivity index (χ3v) is 9.05. The van der Waals surface area contributed by atoms with Crippen LogP contribution in [0.3, 0.4) is 0 Å². The van der Waals surface area contributed by atoms with E-state index >= 15 is 0 Å². The third kappa shape index (κ3) is 4.08. The second-order valence-corrected chi connectivity index (χ2v) is 11.5. The van der Waals surface area contributed by atoms with Gasteiger partial charge in [0.05, 0.1) is 22.5 Å². The van der Waals surface area contributed by atoms with Crippen molar-refractivity contribution in [2.24, 2.45) is 0 Å². The predicted octanol–water partition coefficient (Wildman–Crippen LogP) is 9.31. The molecule has 0 bridgehead atoms. The molecule has 3 atom stereocenters. The highest BCUT2D eigenvalue weighted by Crippen LogP contribution is 2.60. The Balaban J connectivity index is 1.27. The fourth-order valence-corrected chi connectivity index (χ4v) is 7.15. The maximum absolute atomic E-state index is 5.10. The first kappa shape index (κ1) is 25.6. The van der Waals surface area contributed by atoms with Crippen LogP contribution >= 0.6 is 0 Å². The molecule has 0 amide bonds. The highest BCUT2D eigenvalue weighted by atomic mass is 16.0. The first-order chi connectivity index (χ1) is 21.3. The molecule has 0 aliphatic carbocycles.